The monoisotopic (exact) mass is 307 g/mol. The highest BCUT2D eigenvalue weighted by atomic mass is 16.5. The Bertz CT molecular complexity index is 847. The molecular weight excluding hydrogens is 290 g/mol. The van der Waals surface area contributed by atoms with Gasteiger partial charge >= 0.3 is 5.97 Å². The summed E-state index contributed by atoms with van der Waals surface area (Å²) in [6, 6.07) is 14.9. The first-order chi connectivity index (χ1) is 11.0. The van der Waals surface area contributed by atoms with Gasteiger partial charge in [0.2, 0.25) is 0 Å². The van der Waals surface area contributed by atoms with Crippen LogP contribution in [-0.4, -0.2) is 11.1 Å². The maximum Gasteiger partial charge on any atom is 0.365 e. The van der Waals surface area contributed by atoms with Gasteiger partial charge in [-0.05, 0) is 44.0 Å². The summed E-state index contributed by atoms with van der Waals surface area (Å²) in [5.74, 6) is 0.505. The lowest BCUT2D eigenvalue weighted by atomic mass is 10.1. The summed E-state index contributed by atoms with van der Waals surface area (Å²) >= 11 is 0. The van der Waals surface area contributed by atoms with E-state index in [2.05, 4.69) is 5.16 Å². The molecule has 3 rings (SSSR count). The molecule has 0 bridgehead atoms. The molecule has 1 heterocycles. The van der Waals surface area contributed by atoms with E-state index in [1.165, 1.54) is 0 Å². The van der Waals surface area contributed by atoms with Crippen LogP contribution >= 0.6 is 0 Å². The maximum atomic E-state index is 12.2. The number of aromatic nitrogens is 1. The Morgan fingerprint density at radius 2 is 1.70 bits per heavy atom. The van der Waals surface area contributed by atoms with Crippen LogP contribution < -0.4 is 4.74 Å². The van der Waals surface area contributed by atoms with Crippen molar-refractivity contribution in [2.75, 3.05) is 0 Å². The highest BCUT2D eigenvalue weighted by Gasteiger charge is 2.16. The highest BCUT2D eigenvalue weighted by Crippen LogP contribution is 2.22. The van der Waals surface area contributed by atoms with E-state index in [4.69, 9.17) is 9.26 Å². The lowest BCUT2D eigenvalue weighted by Gasteiger charge is -2.04. The van der Waals surface area contributed by atoms with Gasteiger partial charge in [-0.3, -0.25) is 0 Å². The third-order valence-electron chi connectivity index (χ3n) is 3.74. The Kier molecular flexibility index (Phi) is 3.98. The highest BCUT2D eigenvalue weighted by molar-refractivity contribution is 5.90. The maximum absolute atomic E-state index is 12.2. The Hall–Kier alpha value is -2.88. The van der Waals surface area contributed by atoms with Gasteiger partial charge in [0.1, 0.15) is 5.75 Å². The molecule has 0 saturated heterocycles. The molecule has 0 aliphatic carbocycles. The van der Waals surface area contributed by atoms with E-state index in [0.717, 1.165) is 22.3 Å². The lowest BCUT2D eigenvalue weighted by Crippen LogP contribution is -2.08. The SMILES string of the molecule is Cc1ccc(-c2cc(C(=O)Oc3ccc(C)c(C)c3)no2)cc1. The predicted molar refractivity (Wildman–Crippen MR) is 87.6 cm³/mol. The molecule has 1 aromatic heterocycles. The Morgan fingerprint density at radius 1 is 0.957 bits per heavy atom. The molecule has 0 aliphatic heterocycles. The summed E-state index contributed by atoms with van der Waals surface area (Å²) in [7, 11) is 0. The van der Waals surface area contributed by atoms with Crippen LogP contribution in [0.3, 0.4) is 0 Å². The molecule has 4 heteroatoms. The van der Waals surface area contributed by atoms with Crippen LogP contribution in [0.1, 0.15) is 27.2 Å². The zero-order valence-corrected chi connectivity index (χ0v) is 13.3. The number of esters is 1. The van der Waals surface area contributed by atoms with Crippen molar-refractivity contribution >= 4 is 5.97 Å². The quantitative estimate of drug-likeness (QED) is 0.528. The zero-order valence-electron chi connectivity index (χ0n) is 13.3. The third kappa shape index (κ3) is 3.31. The van der Waals surface area contributed by atoms with Gasteiger partial charge < -0.3 is 9.26 Å². The van der Waals surface area contributed by atoms with Crippen molar-refractivity contribution in [3.05, 3.63) is 70.9 Å². The summed E-state index contributed by atoms with van der Waals surface area (Å²) in [4.78, 5) is 12.2. The van der Waals surface area contributed by atoms with Crippen molar-refractivity contribution in [1.29, 1.82) is 0 Å². The van der Waals surface area contributed by atoms with Crippen LogP contribution in [0.25, 0.3) is 11.3 Å². The molecule has 0 atom stereocenters. The lowest BCUT2D eigenvalue weighted by molar-refractivity contribution is 0.0724. The molecule has 0 amide bonds. The second kappa shape index (κ2) is 6.08. The van der Waals surface area contributed by atoms with Crippen LogP contribution in [0.15, 0.2) is 53.1 Å². The van der Waals surface area contributed by atoms with E-state index in [0.29, 0.717) is 11.5 Å². The summed E-state index contributed by atoms with van der Waals surface area (Å²) in [5, 5.41) is 3.80. The van der Waals surface area contributed by atoms with E-state index in [1.807, 2.05) is 57.2 Å². The fourth-order valence-corrected chi connectivity index (χ4v) is 2.16. The van der Waals surface area contributed by atoms with Crippen LogP contribution in [-0.2, 0) is 0 Å². The largest absolute Gasteiger partial charge is 0.422 e. The molecule has 116 valence electrons. The molecule has 2 aromatic carbocycles. The van der Waals surface area contributed by atoms with Gasteiger partial charge in [-0.25, -0.2) is 4.79 Å². The average Bonchev–Trinajstić information content (AvgIpc) is 3.02. The summed E-state index contributed by atoms with van der Waals surface area (Å²) in [5.41, 5.74) is 4.39. The molecule has 23 heavy (non-hydrogen) atoms. The van der Waals surface area contributed by atoms with Gasteiger partial charge in [0.25, 0.3) is 0 Å². The van der Waals surface area contributed by atoms with Crippen LogP contribution in [0.4, 0.5) is 0 Å². The zero-order chi connectivity index (χ0) is 16.4. The van der Waals surface area contributed by atoms with Crippen molar-refractivity contribution in [2.24, 2.45) is 0 Å². The number of aryl methyl sites for hydroxylation is 3. The first-order valence-corrected chi connectivity index (χ1v) is 7.36. The number of hydrogen-bond donors (Lipinski definition) is 0. The van der Waals surface area contributed by atoms with Gasteiger partial charge in [0, 0.05) is 11.6 Å². The van der Waals surface area contributed by atoms with Crippen LogP contribution in [0, 0.1) is 20.8 Å². The van der Waals surface area contributed by atoms with Crippen molar-refractivity contribution < 1.29 is 14.1 Å². The van der Waals surface area contributed by atoms with Crippen molar-refractivity contribution in [2.45, 2.75) is 20.8 Å². The molecular formula is C19H17NO3. The van der Waals surface area contributed by atoms with Crippen LogP contribution in [0.2, 0.25) is 0 Å². The summed E-state index contributed by atoms with van der Waals surface area (Å²) in [6.07, 6.45) is 0. The fraction of sp³-hybridized carbons (Fsp3) is 0.158. The molecule has 0 saturated carbocycles. The second-order valence-electron chi connectivity index (χ2n) is 5.58. The summed E-state index contributed by atoms with van der Waals surface area (Å²) in [6.45, 7) is 5.99. The molecule has 0 fully saturated rings. The van der Waals surface area contributed by atoms with Gasteiger partial charge in [0.05, 0.1) is 0 Å². The van der Waals surface area contributed by atoms with Crippen LogP contribution in [0.5, 0.6) is 5.75 Å². The Balaban J connectivity index is 1.78. The molecule has 4 nitrogen and oxygen atoms in total. The van der Waals surface area contributed by atoms with Gasteiger partial charge in [-0.2, -0.15) is 0 Å². The minimum Gasteiger partial charge on any atom is -0.422 e. The van der Waals surface area contributed by atoms with E-state index in [1.54, 1.807) is 12.1 Å². The topological polar surface area (TPSA) is 52.3 Å². The predicted octanol–water partition coefficient (Wildman–Crippen LogP) is 4.49. The summed E-state index contributed by atoms with van der Waals surface area (Å²) < 4.78 is 10.6. The van der Waals surface area contributed by atoms with Gasteiger partial charge in [0.15, 0.2) is 11.5 Å². The molecule has 0 spiro atoms. The van der Waals surface area contributed by atoms with Crippen molar-refractivity contribution in [3.8, 4) is 17.1 Å². The number of ether oxygens (including phenoxy) is 1. The molecule has 0 unspecified atom stereocenters. The number of nitrogens with zero attached hydrogens (tertiary/aromatic N) is 1. The first-order valence-electron chi connectivity index (χ1n) is 7.36. The smallest absolute Gasteiger partial charge is 0.365 e. The average molecular weight is 307 g/mol. The Morgan fingerprint density at radius 3 is 2.39 bits per heavy atom. The molecule has 0 N–H and O–H groups in total. The second-order valence-corrected chi connectivity index (χ2v) is 5.58. The van der Waals surface area contributed by atoms with Gasteiger partial charge in [-0.1, -0.05) is 41.1 Å². The number of benzene rings is 2. The number of rotatable bonds is 3. The van der Waals surface area contributed by atoms with Crippen molar-refractivity contribution in [3.63, 3.8) is 0 Å². The fourth-order valence-electron chi connectivity index (χ4n) is 2.16. The Labute approximate surface area is 134 Å². The van der Waals surface area contributed by atoms with Gasteiger partial charge in [-0.15, -0.1) is 0 Å². The minimum atomic E-state index is -0.532. The molecule has 3 aromatic rings. The molecule has 0 aliphatic rings. The first kappa shape index (κ1) is 15.0. The third-order valence-corrected chi connectivity index (χ3v) is 3.74. The van der Waals surface area contributed by atoms with E-state index in [9.17, 15) is 4.79 Å². The van der Waals surface area contributed by atoms with E-state index >= 15 is 0 Å². The molecule has 0 radical (unpaired) electrons. The number of carbonyl (C=O) groups is 1. The number of carbonyl (C=O) groups excluding carboxylic acids is 1. The van der Waals surface area contributed by atoms with Crippen molar-refractivity contribution in [1.82, 2.24) is 5.16 Å². The van der Waals surface area contributed by atoms with E-state index < -0.39 is 5.97 Å². The standard InChI is InChI=1S/C19H17NO3/c1-12-4-7-15(8-5-12)18-11-17(20-23-18)19(21)22-16-9-6-13(2)14(3)10-16/h4-11H,1-3H3. The minimum absolute atomic E-state index is 0.152. The number of hydrogen-bond acceptors (Lipinski definition) is 4. The van der Waals surface area contributed by atoms with E-state index in [-0.39, 0.29) is 5.69 Å². The normalized spacial score (nSPS) is 10.6.